The molecule has 1 aromatic heterocycles. The van der Waals surface area contributed by atoms with Gasteiger partial charge in [-0.15, -0.1) is 0 Å². The molecule has 0 saturated carbocycles. The molecule has 0 aliphatic carbocycles. The molecule has 0 aliphatic rings. The lowest BCUT2D eigenvalue weighted by atomic mass is 10.3. The number of nitrogen functional groups attached to an aromatic ring is 1. The van der Waals surface area contributed by atoms with Gasteiger partial charge in [0, 0.05) is 18.0 Å². The minimum Gasteiger partial charge on any atom is -0.430 e. The molecule has 1 unspecified atom stereocenters. The Morgan fingerprint density at radius 1 is 1.37 bits per heavy atom. The van der Waals surface area contributed by atoms with Crippen LogP contribution < -0.4 is 5.73 Å². The first-order valence-corrected chi connectivity index (χ1v) is 7.72. The molecule has 2 aromatic rings. The Hall–Kier alpha value is -1.40. The van der Waals surface area contributed by atoms with Gasteiger partial charge < -0.3 is 15.1 Å². The zero-order valence-electron chi connectivity index (χ0n) is 11.3. The van der Waals surface area contributed by atoms with Crippen molar-refractivity contribution in [3.8, 4) is 0 Å². The fourth-order valence-electron chi connectivity index (χ4n) is 1.86. The average molecular weight is 281 g/mol. The third-order valence-electron chi connectivity index (χ3n) is 3.07. The Labute approximate surface area is 115 Å². The summed E-state index contributed by atoms with van der Waals surface area (Å²) in [5.74, 6) is 0.532. The number of nitrogens with two attached hydrogens (primary N) is 1. The standard InChI is InChI=1S/C13H19N3O2S/c1-3-16(4-2)7-8-19(17)13-15-11-9-10(14)5-6-12(11)18-13/h5-6,9H,3-4,7-8,14H2,1-2H3. The van der Waals surface area contributed by atoms with E-state index in [9.17, 15) is 4.21 Å². The lowest BCUT2D eigenvalue weighted by Gasteiger charge is -2.16. The summed E-state index contributed by atoms with van der Waals surface area (Å²) in [7, 11) is -1.21. The number of anilines is 1. The minimum absolute atomic E-state index is 0.285. The average Bonchev–Trinajstić information content (AvgIpc) is 2.82. The number of oxazole rings is 1. The molecule has 6 heteroatoms. The van der Waals surface area contributed by atoms with Gasteiger partial charge in [-0.3, -0.25) is 0 Å². The maximum atomic E-state index is 12.1. The van der Waals surface area contributed by atoms with Crippen LogP contribution in [0.3, 0.4) is 0 Å². The molecule has 0 saturated heterocycles. The Balaban J connectivity index is 2.09. The zero-order chi connectivity index (χ0) is 13.8. The molecule has 0 fully saturated rings. The van der Waals surface area contributed by atoms with Crippen LogP contribution >= 0.6 is 0 Å². The summed E-state index contributed by atoms with van der Waals surface area (Å²) >= 11 is 0. The van der Waals surface area contributed by atoms with Gasteiger partial charge in [0.05, 0.1) is 0 Å². The van der Waals surface area contributed by atoms with Crippen molar-refractivity contribution in [1.29, 1.82) is 0 Å². The molecule has 5 nitrogen and oxygen atoms in total. The number of benzene rings is 1. The Morgan fingerprint density at radius 3 is 2.79 bits per heavy atom. The van der Waals surface area contributed by atoms with Gasteiger partial charge in [0.15, 0.2) is 5.58 Å². The Kier molecular flexibility index (Phi) is 4.55. The summed E-state index contributed by atoms with van der Waals surface area (Å²) < 4.78 is 17.6. The Morgan fingerprint density at radius 2 is 2.11 bits per heavy atom. The summed E-state index contributed by atoms with van der Waals surface area (Å²) in [5, 5.41) is 0.285. The molecule has 0 radical (unpaired) electrons. The van der Waals surface area contributed by atoms with Crippen LogP contribution in [0.2, 0.25) is 0 Å². The maximum Gasteiger partial charge on any atom is 0.287 e. The van der Waals surface area contributed by atoms with Gasteiger partial charge in [0.25, 0.3) is 5.22 Å². The minimum atomic E-state index is -1.21. The SMILES string of the molecule is CCN(CC)CCS(=O)c1nc2cc(N)ccc2o1. The van der Waals surface area contributed by atoms with Gasteiger partial charge in [-0.05, 0) is 31.3 Å². The molecule has 2 rings (SSSR count). The van der Waals surface area contributed by atoms with Gasteiger partial charge in [-0.25, -0.2) is 9.19 Å². The lowest BCUT2D eigenvalue weighted by molar-refractivity contribution is 0.322. The zero-order valence-corrected chi connectivity index (χ0v) is 12.1. The summed E-state index contributed by atoms with van der Waals surface area (Å²) in [6, 6.07) is 5.22. The van der Waals surface area contributed by atoms with E-state index in [2.05, 4.69) is 23.7 Å². The number of rotatable bonds is 6. The predicted molar refractivity (Wildman–Crippen MR) is 77.5 cm³/mol. The smallest absolute Gasteiger partial charge is 0.287 e. The molecule has 1 atom stereocenters. The lowest BCUT2D eigenvalue weighted by Crippen LogP contribution is -2.27. The van der Waals surface area contributed by atoms with Gasteiger partial charge in [-0.1, -0.05) is 13.8 Å². The molecular formula is C13H19N3O2S. The van der Waals surface area contributed by atoms with Crippen LogP contribution in [0.1, 0.15) is 13.8 Å². The van der Waals surface area contributed by atoms with Crippen LogP contribution in [0.15, 0.2) is 27.8 Å². The van der Waals surface area contributed by atoms with Crippen molar-refractivity contribution in [3.63, 3.8) is 0 Å². The maximum absolute atomic E-state index is 12.1. The van der Waals surface area contributed by atoms with Crippen LogP contribution in [0.4, 0.5) is 5.69 Å². The highest BCUT2D eigenvalue weighted by atomic mass is 32.2. The van der Waals surface area contributed by atoms with Gasteiger partial charge in [-0.2, -0.15) is 0 Å². The highest BCUT2D eigenvalue weighted by Crippen LogP contribution is 2.20. The van der Waals surface area contributed by atoms with E-state index in [1.165, 1.54) is 0 Å². The molecule has 0 amide bonds. The van der Waals surface area contributed by atoms with E-state index in [4.69, 9.17) is 10.2 Å². The number of hydrogen-bond acceptors (Lipinski definition) is 5. The normalized spacial score (nSPS) is 13.2. The summed E-state index contributed by atoms with van der Waals surface area (Å²) in [5.41, 5.74) is 7.59. The molecule has 1 heterocycles. The van der Waals surface area contributed by atoms with Crippen molar-refractivity contribution in [2.75, 3.05) is 31.1 Å². The van der Waals surface area contributed by atoms with E-state index in [0.29, 0.717) is 22.5 Å². The van der Waals surface area contributed by atoms with Crippen LogP contribution in [0.25, 0.3) is 11.1 Å². The van der Waals surface area contributed by atoms with E-state index in [0.717, 1.165) is 19.6 Å². The first-order chi connectivity index (χ1) is 9.13. The first kappa shape index (κ1) is 14.0. The number of hydrogen-bond donors (Lipinski definition) is 1. The summed E-state index contributed by atoms with van der Waals surface area (Å²) in [6.07, 6.45) is 0. The number of aromatic nitrogens is 1. The second kappa shape index (κ2) is 6.16. The second-order valence-corrected chi connectivity index (χ2v) is 5.73. The van der Waals surface area contributed by atoms with Crippen molar-refractivity contribution in [1.82, 2.24) is 9.88 Å². The third-order valence-corrected chi connectivity index (χ3v) is 4.19. The number of fused-ring (bicyclic) bond motifs is 1. The van der Waals surface area contributed by atoms with E-state index in [1.54, 1.807) is 18.2 Å². The van der Waals surface area contributed by atoms with Crippen LogP contribution in [0.5, 0.6) is 0 Å². The summed E-state index contributed by atoms with van der Waals surface area (Å²) in [4.78, 5) is 6.46. The second-order valence-electron chi connectivity index (χ2n) is 4.28. The van der Waals surface area contributed by atoms with E-state index in [-0.39, 0.29) is 5.22 Å². The van der Waals surface area contributed by atoms with Crippen LogP contribution in [-0.4, -0.2) is 39.5 Å². The molecule has 0 bridgehead atoms. The summed E-state index contributed by atoms with van der Waals surface area (Å²) in [6.45, 7) is 6.87. The molecule has 0 aliphatic heterocycles. The Bertz CT molecular complexity index is 578. The monoisotopic (exact) mass is 281 g/mol. The fraction of sp³-hybridized carbons (Fsp3) is 0.462. The highest BCUT2D eigenvalue weighted by molar-refractivity contribution is 7.84. The van der Waals surface area contributed by atoms with Gasteiger partial charge in [0.1, 0.15) is 16.3 Å². The molecule has 104 valence electrons. The largest absolute Gasteiger partial charge is 0.430 e. The molecule has 2 N–H and O–H groups in total. The van der Waals surface area contributed by atoms with Gasteiger partial charge in [0.2, 0.25) is 0 Å². The third kappa shape index (κ3) is 3.33. The molecule has 1 aromatic carbocycles. The molecular weight excluding hydrogens is 262 g/mol. The van der Waals surface area contributed by atoms with Crippen LogP contribution in [-0.2, 0) is 10.8 Å². The van der Waals surface area contributed by atoms with Crippen molar-refractivity contribution >= 4 is 27.6 Å². The van der Waals surface area contributed by atoms with Crippen LogP contribution in [0, 0.1) is 0 Å². The van der Waals surface area contributed by atoms with Gasteiger partial charge >= 0.3 is 0 Å². The molecule has 19 heavy (non-hydrogen) atoms. The quantitative estimate of drug-likeness (QED) is 0.818. The van der Waals surface area contributed by atoms with Crippen molar-refractivity contribution < 1.29 is 8.63 Å². The topological polar surface area (TPSA) is 72.4 Å². The highest BCUT2D eigenvalue weighted by Gasteiger charge is 2.13. The van der Waals surface area contributed by atoms with E-state index < -0.39 is 10.8 Å². The number of nitrogens with zero attached hydrogens (tertiary/aromatic N) is 2. The van der Waals surface area contributed by atoms with Crippen molar-refractivity contribution in [3.05, 3.63) is 18.2 Å². The molecule has 0 spiro atoms. The van der Waals surface area contributed by atoms with Crippen molar-refractivity contribution in [2.45, 2.75) is 19.1 Å². The van der Waals surface area contributed by atoms with E-state index in [1.807, 2.05) is 0 Å². The fourth-order valence-corrected chi connectivity index (χ4v) is 2.84. The van der Waals surface area contributed by atoms with E-state index >= 15 is 0 Å². The first-order valence-electron chi connectivity index (χ1n) is 6.40. The predicted octanol–water partition coefficient (Wildman–Crippen LogP) is 1.86. The van der Waals surface area contributed by atoms with Crippen molar-refractivity contribution in [2.24, 2.45) is 0 Å².